The monoisotopic (exact) mass is 328 g/mol. The van der Waals surface area contributed by atoms with Gasteiger partial charge in [0, 0.05) is 13.6 Å². The molecule has 2 rings (SSSR count). The number of nitrogens with two attached hydrogens (primary N) is 1. The number of carbonyl (C=O) groups excluding carboxylic acids is 1. The number of hydrogen-bond donors (Lipinski definition) is 2. The van der Waals surface area contributed by atoms with Gasteiger partial charge in [-0.25, -0.2) is 9.37 Å². The first kappa shape index (κ1) is 15.5. The lowest BCUT2D eigenvalue weighted by atomic mass is 10.3. The molecular weight excluding hydrogens is 315 g/mol. The molecule has 0 fully saturated rings. The molecule has 0 atom stereocenters. The second kappa shape index (κ2) is 6.28. The second-order valence-electron chi connectivity index (χ2n) is 4.28. The molecule has 0 aliphatic rings. The van der Waals surface area contributed by atoms with Gasteiger partial charge in [-0.2, -0.15) is 0 Å². The van der Waals surface area contributed by atoms with Crippen LogP contribution in [0.4, 0.5) is 21.0 Å². The molecule has 0 aliphatic carbocycles. The van der Waals surface area contributed by atoms with Gasteiger partial charge in [-0.15, -0.1) is 0 Å². The molecule has 1 aromatic heterocycles. The minimum Gasteiger partial charge on any atom is -0.382 e. The van der Waals surface area contributed by atoms with Crippen LogP contribution in [-0.2, 0) is 0 Å². The molecule has 0 aliphatic heterocycles. The largest absolute Gasteiger partial charge is 0.382 e. The van der Waals surface area contributed by atoms with E-state index in [0.29, 0.717) is 5.13 Å². The van der Waals surface area contributed by atoms with Crippen LogP contribution in [0, 0.1) is 5.82 Å². The Labute approximate surface area is 130 Å². The predicted molar refractivity (Wildman–Crippen MR) is 84.8 cm³/mol. The Balaban J connectivity index is 2.27. The average Bonchev–Trinajstić information content (AvgIpc) is 2.84. The highest BCUT2D eigenvalue weighted by Gasteiger charge is 2.19. The Morgan fingerprint density at radius 1 is 1.57 bits per heavy atom. The van der Waals surface area contributed by atoms with Gasteiger partial charge in [-0.1, -0.05) is 29.0 Å². The first-order valence-corrected chi connectivity index (χ1v) is 7.36. The average molecular weight is 329 g/mol. The fourth-order valence-corrected chi connectivity index (χ4v) is 2.68. The van der Waals surface area contributed by atoms with Gasteiger partial charge in [0.2, 0.25) is 0 Å². The van der Waals surface area contributed by atoms with E-state index in [1.165, 1.54) is 18.2 Å². The minimum atomic E-state index is -0.607. The third-order valence-electron chi connectivity index (χ3n) is 2.85. The summed E-state index contributed by atoms with van der Waals surface area (Å²) < 4.78 is 13.7. The van der Waals surface area contributed by atoms with Gasteiger partial charge < -0.3 is 16.0 Å². The minimum absolute atomic E-state index is 0.0673. The summed E-state index contributed by atoms with van der Waals surface area (Å²) in [4.78, 5) is 18.4. The number of carbonyl (C=O) groups is 1. The van der Waals surface area contributed by atoms with E-state index in [1.54, 1.807) is 0 Å². The van der Waals surface area contributed by atoms with Crippen molar-refractivity contribution in [3.8, 4) is 0 Å². The van der Waals surface area contributed by atoms with Crippen LogP contribution in [0.25, 0.3) is 0 Å². The second-order valence-corrected chi connectivity index (χ2v) is 5.66. The third kappa shape index (κ3) is 3.25. The van der Waals surface area contributed by atoms with Gasteiger partial charge in [-0.3, -0.25) is 4.79 Å². The van der Waals surface area contributed by atoms with E-state index in [1.807, 2.05) is 18.9 Å². The summed E-state index contributed by atoms with van der Waals surface area (Å²) >= 11 is 7.02. The number of rotatable bonds is 4. The molecule has 112 valence electrons. The molecule has 1 amide bonds. The van der Waals surface area contributed by atoms with Crippen LogP contribution in [0.3, 0.4) is 0 Å². The van der Waals surface area contributed by atoms with Crippen LogP contribution in [0.15, 0.2) is 18.2 Å². The van der Waals surface area contributed by atoms with E-state index in [2.05, 4.69) is 10.3 Å². The summed E-state index contributed by atoms with van der Waals surface area (Å²) in [5.41, 5.74) is 5.68. The van der Waals surface area contributed by atoms with Crippen molar-refractivity contribution in [1.29, 1.82) is 0 Å². The van der Waals surface area contributed by atoms with Crippen LogP contribution in [0.5, 0.6) is 0 Å². The summed E-state index contributed by atoms with van der Waals surface area (Å²) in [6.45, 7) is 2.68. The highest BCUT2D eigenvalue weighted by molar-refractivity contribution is 7.18. The van der Waals surface area contributed by atoms with Crippen molar-refractivity contribution < 1.29 is 9.18 Å². The van der Waals surface area contributed by atoms with E-state index in [9.17, 15) is 9.18 Å². The Morgan fingerprint density at radius 3 is 2.90 bits per heavy atom. The predicted octanol–water partition coefficient (Wildman–Crippen LogP) is 3.23. The van der Waals surface area contributed by atoms with Crippen LogP contribution in [-0.4, -0.2) is 24.5 Å². The Morgan fingerprint density at radius 2 is 2.29 bits per heavy atom. The van der Waals surface area contributed by atoms with Crippen molar-refractivity contribution in [3.63, 3.8) is 0 Å². The van der Waals surface area contributed by atoms with Crippen LogP contribution in [0.2, 0.25) is 5.02 Å². The summed E-state index contributed by atoms with van der Waals surface area (Å²) in [5, 5.41) is 3.18. The molecule has 21 heavy (non-hydrogen) atoms. The molecule has 0 unspecified atom stereocenters. The molecular formula is C13H14ClFN4OS. The number of nitrogen functional groups attached to an aromatic ring is 1. The quantitative estimate of drug-likeness (QED) is 0.904. The number of amides is 1. The highest BCUT2D eigenvalue weighted by atomic mass is 35.5. The number of para-hydroxylation sites is 1. The molecule has 5 nitrogen and oxygen atoms in total. The van der Waals surface area contributed by atoms with Crippen LogP contribution in [0.1, 0.15) is 16.6 Å². The van der Waals surface area contributed by atoms with E-state index >= 15 is 0 Å². The van der Waals surface area contributed by atoms with Crippen molar-refractivity contribution in [3.05, 3.63) is 33.9 Å². The maximum Gasteiger partial charge on any atom is 0.269 e. The highest BCUT2D eigenvalue weighted by Crippen LogP contribution is 2.30. The van der Waals surface area contributed by atoms with E-state index in [-0.39, 0.29) is 21.4 Å². The van der Waals surface area contributed by atoms with E-state index in [0.717, 1.165) is 17.9 Å². The van der Waals surface area contributed by atoms with Gasteiger partial charge in [0.15, 0.2) is 5.13 Å². The first-order chi connectivity index (χ1) is 9.93. The number of nitrogens with zero attached hydrogens (tertiary/aromatic N) is 2. The molecule has 2 aromatic rings. The first-order valence-electron chi connectivity index (χ1n) is 6.16. The van der Waals surface area contributed by atoms with E-state index < -0.39 is 11.7 Å². The lowest BCUT2D eigenvalue weighted by Gasteiger charge is -2.11. The maximum atomic E-state index is 13.7. The molecule has 0 radical (unpaired) electrons. The molecule has 0 bridgehead atoms. The molecule has 1 heterocycles. The SMILES string of the molecule is CCN(C)c1nc(N)c(C(=O)Nc2c(F)cccc2Cl)s1. The van der Waals surface area contributed by atoms with Gasteiger partial charge in [-0.05, 0) is 19.1 Å². The van der Waals surface area contributed by atoms with Gasteiger partial charge >= 0.3 is 0 Å². The molecule has 0 spiro atoms. The summed E-state index contributed by atoms with van der Waals surface area (Å²) in [5.74, 6) is -1.03. The fraction of sp³-hybridized carbons (Fsp3) is 0.231. The topological polar surface area (TPSA) is 71.2 Å². The van der Waals surface area contributed by atoms with Gasteiger partial charge in [0.25, 0.3) is 5.91 Å². The van der Waals surface area contributed by atoms with Crippen LogP contribution < -0.4 is 16.0 Å². The van der Waals surface area contributed by atoms with Gasteiger partial charge in [0.05, 0.1) is 10.7 Å². The smallest absolute Gasteiger partial charge is 0.269 e. The number of halogens is 2. The normalized spacial score (nSPS) is 10.5. The number of nitrogens with one attached hydrogen (secondary N) is 1. The maximum absolute atomic E-state index is 13.7. The summed E-state index contributed by atoms with van der Waals surface area (Å²) in [7, 11) is 1.84. The van der Waals surface area contributed by atoms with Crippen molar-refractivity contribution >= 4 is 45.5 Å². The Kier molecular flexibility index (Phi) is 4.64. The zero-order valence-electron chi connectivity index (χ0n) is 11.5. The standard InChI is InChI=1S/C13H14ClFN4OS/c1-3-19(2)13-18-11(16)10(21-13)12(20)17-9-7(14)5-4-6-8(9)15/h4-6H,3,16H2,1-2H3,(H,17,20). The molecule has 8 heteroatoms. The zero-order chi connectivity index (χ0) is 15.6. The molecule has 0 saturated carbocycles. The van der Waals surface area contributed by atoms with E-state index in [4.69, 9.17) is 17.3 Å². The summed E-state index contributed by atoms with van der Waals surface area (Å²) in [6, 6.07) is 4.17. The fourth-order valence-electron chi connectivity index (χ4n) is 1.57. The number of anilines is 3. The van der Waals surface area contributed by atoms with Crippen LogP contribution >= 0.6 is 22.9 Å². The van der Waals surface area contributed by atoms with Crippen molar-refractivity contribution in [2.24, 2.45) is 0 Å². The number of thiazole rings is 1. The number of aromatic nitrogens is 1. The van der Waals surface area contributed by atoms with Gasteiger partial charge in [0.1, 0.15) is 16.5 Å². The molecule has 3 N–H and O–H groups in total. The Hall–Kier alpha value is -1.86. The zero-order valence-corrected chi connectivity index (χ0v) is 13.1. The lowest BCUT2D eigenvalue weighted by Crippen LogP contribution is -2.15. The Bertz CT molecular complexity index is 656. The number of benzene rings is 1. The summed E-state index contributed by atoms with van der Waals surface area (Å²) in [6.07, 6.45) is 0. The van der Waals surface area contributed by atoms with Crippen molar-refractivity contribution in [2.45, 2.75) is 6.92 Å². The lowest BCUT2D eigenvalue weighted by molar-refractivity contribution is 0.103. The third-order valence-corrected chi connectivity index (χ3v) is 4.35. The number of hydrogen-bond acceptors (Lipinski definition) is 5. The molecule has 1 aromatic carbocycles. The van der Waals surface area contributed by atoms with Crippen molar-refractivity contribution in [1.82, 2.24) is 4.98 Å². The molecule has 0 saturated heterocycles. The van der Waals surface area contributed by atoms with Crippen molar-refractivity contribution in [2.75, 3.05) is 29.5 Å².